The summed E-state index contributed by atoms with van der Waals surface area (Å²) in [7, 11) is -4.25. The van der Waals surface area contributed by atoms with E-state index in [-0.39, 0.29) is 32.3 Å². The molecule has 0 heterocycles. The molecule has 0 aliphatic heterocycles. The van der Waals surface area contributed by atoms with Gasteiger partial charge < -0.3 is 20.1 Å². The van der Waals surface area contributed by atoms with Crippen LogP contribution in [0.15, 0.2) is 0 Å². The van der Waals surface area contributed by atoms with Crippen molar-refractivity contribution in [1.82, 2.24) is 0 Å². The molecule has 0 aliphatic rings. The average molecular weight is 650 g/mol. The molecule has 0 rings (SSSR count). The van der Waals surface area contributed by atoms with E-state index >= 15 is 0 Å². The molecule has 0 aromatic heterocycles. The van der Waals surface area contributed by atoms with Gasteiger partial charge in [0.2, 0.25) is 0 Å². The van der Waals surface area contributed by atoms with E-state index in [4.69, 9.17) is 24.3 Å². The van der Waals surface area contributed by atoms with E-state index in [1.54, 1.807) is 0 Å². The first-order valence-electron chi connectivity index (χ1n) is 18.5. The summed E-state index contributed by atoms with van der Waals surface area (Å²) in [5.41, 5.74) is 5.33. The van der Waals surface area contributed by atoms with Gasteiger partial charge >= 0.3 is 13.8 Å². The molecule has 2 unspecified atom stereocenters. The van der Waals surface area contributed by atoms with Crippen LogP contribution in [0, 0.1) is 0 Å². The number of phosphoric acid groups is 1. The molecular formula is C35H72NO7P. The summed E-state index contributed by atoms with van der Waals surface area (Å²) in [4.78, 5) is 22.2. The second kappa shape index (κ2) is 33.9. The van der Waals surface area contributed by atoms with Gasteiger partial charge in [0.25, 0.3) is 0 Å². The number of phosphoric ester groups is 1. The largest absolute Gasteiger partial charge is 0.472 e. The normalized spacial score (nSPS) is 13.6. The fraction of sp³-hybridized carbons (Fsp3) is 0.971. The Bertz CT molecular complexity index is 653. The van der Waals surface area contributed by atoms with Crippen LogP contribution in [0.25, 0.3) is 0 Å². The van der Waals surface area contributed by atoms with Gasteiger partial charge in [0.15, 0.2) is 0 Å². The Balaban J connectivity index is 3.89. The lowest BCUT2D eigenvalue weighted by Crippen LogP contribution is -2.28. The minimum atomic E-state index is -4.25. The third-order valence-corrected chi connectivity index (χ3v) is 9.01. The summed E-state index contributed by atoms with van der Waals surface area (Å²) in [5, 5.41) is 0. The highest BCUT2D eigenvalue weighted by Gasteiger charge is 2.25. The Morgan fingerprint density at radius 3 is 1.43 bits per heavy atom. The quantitative estimate of drug-likeness (QED) is 0.0391. The number of ether oxygens (including phenoxy) is 2. The number of unbranched alkanes of at least 4 members (excludes halogenated alkanes) is 23. The summed E-state index contributed by atoms with van der Waals surface area (Å²) in [5.74, 6) is -0.329. The molecule has 44 heavy (non-hydrogen) atoms. The van der Waals surface area contributed by atoms with Crippen LogP contribution in [-0.2, 0) is 27.9 Å². The van der Waals surface area contributed by atoms with E-state index in [1.165, 1.54) is 128 Å². The highest BCUT2D eigenvalue weighted by atomic mass is 31.2. The van der Waals surface area contributed by atoms with Gasteiger partial charge in [0.1, 0.15) is 6.10 Å². The van der Waals surface area contributed by atoms with Crippen molar-refractivity contribution in [2.45, 2.75) is 187 Å². The fourth-order valence-corrected chi connectivity index (χ4v) is 6.06. The number of hydrogen-bond donors (Lipinski definition) is 2. The molecule has 0 saturated heterocycles. The van der Waals surface area contributed by atoms with Gasteiger partial charge in [0, 0.05) is 19.6 Å². The molecule has 0 fully saturated rings. The molecule has 0 amide bonds. The van der Waals surface area contributed by atoms with Crippen molar-refractivity contribution in [3.8, 4) is 0 Å². The molecular weight excluding hydrogens is 577 g/mol. The SMILES string of the molecule is CCCCCCCCCCCCCCCCCCCCCC(=O)OC(COCCCCCCCC)COP(=O)(O)OCCN. The molecule has 0 aromatic rings. The zero-order chi connectivity index (χ0) is 32.4. The minimum Gasteiger partial charge on any atom is -0.457 e. The number of carbonyl (C=O) groups is 1. The Morgan fingerprint density at radius 1 is 0.591 bits per heavy atom. The van der Waals surface area contributed by atoms with Crippen molar-refractivity contribution >= 4 is 13.8 Å². The van der Waals surface area contributed by atoms with Gasteiger partial charge in [-0.1, -0.05) is 162 Å². The van der Waals surface area contributed by atoms with Crippen molar-refractivity contribution < 1.29 is 32.8 Å². The van der Waals surface area contributed by atoms with Gasteiger partial charge in [0.05, 0.1) is 19.8 Å². The Hall–Kier alpha value is -0.500. The minimum absolute atomic E-state index is 0.0911. The molecule has 2 atom stereocenters. The molecule has 0 aliphatic carbocycles. The van der Waals surface area contributed by atoms with Crippen LogP contribution >= 0.6 is 7.82 Å². The molecule has 0 bridgehead atoms. The second-order valence-electron chi connectivity index (χ2n) is 12.5. The number of carbonyl (C=O) groups excluding carboxylic acids is 1. The van der Waals surface area contributed by atoms with E-state index in [2.05, 4.69) is 13.8 Å². The number of esters is 1. The van der Waals surface area contributed by atoms with Crippen molar-refractivity contribution in [3.63, 3.8) is 0 Å². The second-order valence-corrected chi connectivity index (χ2v) is 13.9. The molecule has 9 heteroatoms. The maximum atomic E-state index is 12.5. The molecule has 0 spiro atoms. The van der Waals surface area contributed by atoms with Crippen LogP contribution in [-0.4, -0.2) is 49.9 Å². The van der Waals surface area contributed by atoms with Crippen LogP contribution in [0.1, 0.15) is 181 Å². The standard InChI is InChI=1S/C35H72NO7P/c1-3-5-7-9-11-12-13-14-15-16-17-18-19-20-21-22-23-24-26-28-35(37)43-34(33-42-44(38,39)41-31-29-36)32-40-30-27-25-10-8-6-4-2/h34H,3-33,36H2,1-2H3,(H,38,39). The van der Waals surface area contributed by atoms with Gasteiger partial charge in [-0.15, -0.1) is 0 Å². The van der Waals surface area contributed by atoms with Gasteiger partial charge in [-0.05, 0) is 12.8 Å². The average Bonchev–Trinajstić information content (AvgIpc) is 3.01. The van der Waals surface area contributed by atoms with Crippen molar-refractivity contribution in [2.24, 2.45) is 5.73 Å². The van der Waals surface area contributed by atoms with E-state index < -0.39 is 13.9 Å². The van der Waals surface area contributed by atoms with E-state index in [0.29, 0.717) is 13.0 Å². The molecule has 8 nitrogen and oxygen atoms in total. The number of hydrogen-bond acceptors (Lipinski definition) is 7. The van der Waals surface area contributed by atoms with Crippen molar-refractivity contribution in [3.05, 3.63) is 0 Å². The third kappa shape index (κ3) is 32.9. The first-order chi connectivity index (χ1) is 21.4. The van der Waals surface area contributed by atoms with Crippen molar-refractivity contribution in [2.75, 3.05) is 33.0 Å². The van der Waals surface area contributed by atoms with Gasteiger partial charge in [-0.3, -0.25) is 13.8 Å². The predicted octanol–water partition coefficient (Wildman–Crippen LogP) is 10.2. The van der Waals surface area contributed by atoms with Crippen LogP contribution < -0.4 is 5.73 Å². The number of rotatable bonds is 36. The van der Waals surface area contributed by atoms with E-state index in [0.717, 1.165) is 32.1 Å². The van der Waals surface area contributed by atoms with Crippen LogP contribution in [0.5, 0.6) is 0 Å². The lowest BCUT2D eigenvalue weighted by Gasteiger charge is -2.20. The molecule has 264 valence electrons. The molecule has 0 aromatic carbocycles. The lowest BCUT2D eigenvalue weighted by molar-refractivity contribution is -0.154. The van der Waals surface area contributed by atoms with Crippen LogP contribution in [0.4, 0.5) is 0 Å². The summed E-state index contributed by atoms with van der Waals surface area (Å²) < 4.78 is 33.1. The highest BCUT2D eigenvalue weighted by molar-refractivity contribution is 7.47. The smallest absolute Gasteiger partial charge is 0.457 e. The maximum absolute atomic E-state index is 12.5. The van der Waals surface area contributed by atoms with Gasteiger partial charge in [-0.25, -0.2) is 4.57 Å². The topological polar surface area (TPSA) is 117 Å². The zero-order valence-corrected chi connectivity index (χ0v) is 29.8. The zero-order valence-electron chi connectivity index (χ0n) is 28.9. The number of nitrogens with two attached hydrogens (primary N) is 1. The maximum Gasteiger partial charge on any atom is 0.472 e. The fourth-order valence-electron chi connectivity index (χ4n) is 5.29. The summed E-state index contributed by atoms with van der Waals surface area (Å²) in [6.45, 7) is 4.90. The van der Waals surface area contributed by atoms with Crippen molar-refractivity contribution in [1.29, 1.82) is 0 Å². The van der Waals surface area contributed by atoms with Crippen LogP contribution in [0.2, 0.25) is 0 Å². The monoisotopic (exact) mass is 650 g/mol. The third-order valence-electron chi connectivity index (χ3n) is 8.02. The summed E-state index contributed by atoms with van der Waals surface area (Å²) >= 11 is 0. The van der Waals surface area contributed by atoms with Gasteiger partial charge in [-0.2, -0.15) is 0 Å². The van der Waals surface area contributed by atoms with E-state index in [1.807, 2.05) is 0 Å². The molecule has 3 N–H and O–H groups in total. The first-order valence-corrected chi connectivity index (χ1v) is 20.0. The van der Waals surface area contributed by atoms with Crippen LogP contribution in [0.3, 0.4) is 0 Å². The predicted molar refractivity (Wildman–Crippen MR) is 183 cm³/mol. The highest BCUT2D eigenvalue weighted by Crippen LogP contribution is 2.43. The Morgan fingerprint density at radius 2 is 1.00 bits per heavy atom. The Kier molecular flexibility index (Phi) is 33.5. The summed E-state index contributed by atoms with van der Waals surface area (Å²) in [6, 6.07) is 0. The first kappa shape index (κ1) is 43.5. The lowest BCUT2D eigenvalue weighted by atomic mass is 10.0. The summed E-state index contributed by atoms with van der Waals surface area (Å²) in [6.07, 6.45) is 31.3. The van der Waals surface area contributed by atoms with E-state index in [9.17, 15) is 14.3 Å². The molecule has 0 radical (unpaired) electrons. The molecule has 0 saturated carbocycles. The Labute approximate surface area is 271 Å².